The van der Waals surface area contributed by atoms with Gasteiger partial charge in [-0.15, -0.1) is 24.0 Å². The number of unbranched alkanes of at least 4 members (excludes halogenated alkanes) is 1. The lowest BCUT2D eigenvalue weighted by Crippen LogP contribution is -2.37. The van der Waals surface area contributed by atoms with E-state index in [9.17, 15) is 0 Å². The number of hydrogen-bond acceptors (Lipinski definition) is 3. The Labute approximate surface area is 163 Å². The van der Waals surface area contributed by atoms with Gasteiger partial charge in [0.25, 0.3) is 0 Å². The quantitative estimate of drug-likeness (QED) is 0.249. The first-order valence-electron chi connectivity index (χ1n) is 8.36. The molecule has 0 bridgehead atoms. The van der Waals surface area contributed by atoms with Crippen LogP contribution in [0.2, 0.25) is 0 Å². The van der Waals surface area contributed by atoms with Crippen LogP contribution in [0, 0.1) is 6.92 Å². The summed E-state index contributed by atoms with van der Waals surface area (Å²) in [6.45, 7) is 7.45. The van der Waals surface area contributed by atoms with E-state index in [0.29, 0.717) is 6.54 Å². The molecular weight excluding hydrogens is 417 g/mol. The smallest absolute Gasteiger partial charge is 0.191 e. The average molecular weight is 449 g/mol. The van der Waals surface area contributed by atoms with E-state index in [0.717, 1.165) is 44.3 Å². The molecule has 0 aliphatic heterocycles. The van der Waals surface area contributed by atoms with Gasteiger partial charge in [-0.3, -0.25) is 4.99 Å². The molecule has 0 fully saturated rings. The molecule has 6 heteroatoms. The Balaban J connectivity index is 0.00000529. The number of rotatable bonds is 10. The van der Waals surface area contributed by atoms with Gasteiger partial charge in [0.2, 0.25) is 0 Å². The minimum Gasteiger partial charge on any atom is -0.497 e. The fourth-order valence-corrected chi connectivity index (χ4v) is 2.18. The van der Waals surface area contributed by atoms with Gasteiger partial charge < -0.3 is 20.1 Å². The summed E-state index contributed by atoms with van der Waals surface area (Å²) in [6.07, 6.45) is 3.29. The monoisotopic (exact) mass is 449 g/mol. The van der Waals surface area contributed by atoms with Crippen LogP contribution in [-0.4, -0.2) is 39.9 Å². The first-order chi connectivity index (χ1) is 11.2. The number of benzene rings is 1. The highest BCUT2D eigenvalue weighted by molar-refractivity contribution is 14.0. The summed E-state index contributed by atoms with van der Waals surface area (Å²) in [5, 5.41) is 6.62. The molecule has 5 nitrogen and oxygen atoms in total. The summed E-state index contributed by atoms with van der Waals surface area (Å²) in [5.74, 6) is 1.69. The van der Waals surface area contributed by atoms with Gasteiger partial charge in [-0.05, 0) is 43.0 Å². The second-order valence-corrected chi connectivity index (χ2v) is 5.53. The van der Waals surface area contributed by atoms with E-state index < -0.39 is 0 Å². The zero-order valence-electron chi connectivity index (χ0n) is 15.4. The van der Waals surface area contributed by atoms with Crippen molar-refractivity contribution in [1.82, 2.24) is 10.6 Å². The van der Waals surface area contributed by atoms with Crippen molar-refractivity contribution in [1.29, 1.82) is 0 Å². The minimum absolute atomic E-state index is 0. The van der Waals surface area contributed by atoms with E-state index >= 15 is 0 Å². The normalized spacial score (nSPS) is 10.9. The summed E-state index contributed by atoms with van der Waals surface area (Å²) in [4.78, 5) is 4.24. The summed E-state index contributed by atoms with van der Waals surface area (Å²) in [7, 11) is 3.47. The van der Waals surface area contributed by atoms with Crippen LogP contribution in [0.3, 0.4) is 0 Å². The number of methoxy groups -OCH3 is 1. The molecule has 0 amide bonds. The highest BCUT2D eigenvalue weighted by Gasteiger charge is 2.01. The molecule has 1 aromatic rings. The largest absolute Gasteiger partial charge is 0.497 e. The second kappa shape index (κ2) is 14.3. The van der Waals surface area contributed by atoms with Gasteiger partial charge >= 0.3 is 0 Å². The third-order valence-corrected chi connectivity index (χ3v) is 3.43. The van der Waals surface area contributed by atoms with Gasteiger partial charge in [0.15, 0.2) is 5.96 Å². The van der Waals surface area contributed by atoms with Crippen LogP contribution in [0.5, 0.6) is 5.75 Å². The van der Waals surface area contributed by atoms with E-state index in [4.69, 9.17) is 9.47 Å². The summed E-state index contributed by atoms with van der Waals surface area (Å²) in [6, 6.07) is 6.20. The third-order valence-electron chi connectivity index (χ3n) is 3.43. The van der Waals surface area contributed by atoms with Crippen molar-refractivity contribution in [2.45, 2.75) is 39.7 Å². The maximum atomic E-state index is 5.54. The molecule has 0 saturated heterocycles. The van der Waals surface area contributed by atoms with Gasteiger partial charge in [0.05, 0.1) is 7.11 Å². The molecule has 0 heterocycles. The Kier molecular flexibility index (Phi) is 13.7. The second-order valence-electron chi connectivity index (χ2n) is 5.53. The molecule has 1 aromatic carbocycles. The molecule has 0 aromatic heterocycles. The number of nitrogens with one attached hydrogen (secondary N) is 2. The van der Waals surface area contributed by atoms with E-state index in [1.54, 1.807) is 14.2 Å². The third kappa shape index (κ3) is 9.97. The van der Waals surface area contributed by atoms with E-state index in [1.165, 1.54) is 17.5 Å². The lowest BCUT2D eigenvalue weighted by Gasteiger charge is -2.13. The van der Waals surface area contributed by atoms with Crippen LogP contribution in [0.25, 0.3) is 0 Å². The lowest BCUT2D eigenvalue weighted by molar-refractivity contribution is 0.129. The fourth-order valence-electron chi connectivity index (χ4n) is 2.18. The van der Waals surface area contributed by atoms with Crippen molar-refractivity contribution >= 4 is 29.9 Å². The van der Waals surface area contributed by atoms with Crippen molar-refractivity contribution < 1.29 is 9.47 Å². The Bertz CT molecular complexity index is 481. The zero-order chi connectivity index (χ0) is 16.9. The van der Waals surface area contributed by atoms with Crippen molar-refractivity contribution in [3.05, 3.63) is 29.3 Å². The summed E-state index contributed by atoms with van der Waals surface area (Å²) >= 11 is 0. The maximum Gasteiger partial charge on any atom is 0.191 e. The number of hydrogen-bond donors (Lipinski definition) is 2. The lowest BCUT2D eigenvalue weighted by atomic mass is 10.1. The van der Waals surface area contributed by atoms with Crippen LogP contribution < -0.4 is 15.4 Å². The Morgan fingerprint density at radius 1 is 1.12 bits per heavy atom. The highest BCUT2D eigenvalue weighted by atomic mass is 127. The van der Waals surface area contributed by atoms with E-state index in [2.05, 4.69) is 35.5 Å². The van der Waals surface area contributed by atoms with Gasteiger partial charge in [0.1, 0.15) is 5.75 Å². The van der Waals surface area contributed by atoms with Gasteiger partial charge in [-0.25, -0.2) is 0 Å². The van der Waals surface area contributed by atoms with Crippen LogP contribution in [-0.2, 0) is 11.3 Å². The van der Waals surface area contributed by atoms with Crippen LogP contribution in [0.1, 0.15) is 37.3 Å². The fraction of sp³-hybridized carbons (Fsp3) is 0.611. The SMILES string of the molecule is CCCCOCCCNC(=NC)NCc1cc(C)cc(OC)c1.I. The van der Waals surface area contributed by atoms with Gasteiger partial charge in [-0.1, -0.05) is 19.4 Å². The first kappa shape index (κ1) is 23.0. The van der Waals surface area contributed by atoms with Gasteiger partial charge in [0, 0.05) is 33.4 Å². The number of aryl methyl sites for hydroxylation is 1. The molecule has 0 aliphatic rings. The molecule has 0 unspecified atom stereocenters. The van der Waals surface area contributed by atoms with Crippen LogP contribution in [0.15, 0.2) is 23.2 Å². The Morgan fingerprint density at radius 2 is 1.88 bits per heavy atom. The molecule has 0 radical (unpaired) electrons. The van der Waals surface area contributed by atoms with Crippen molar-refractivity contribution in [2.75, 3.05) is 33.9 Å². The number of ether oxygens (including phenoxy) is 2. The Hall–Kier alpha value is -1.02. The number of nitrogens with zero attached hydrogens (tertiary/aromatic N) is 1. The topological polar surface area (TPSA) is 54.9 Å². The van der Waals surface area contributed by atoms with Gasteiger partial charge in [-0.2, -0.15) is 0 Å². The number of aliphatic imine (C=N–C) groups is 1. The molecule has 0 spiro atoms. The first-order valence-corrected chi connectivity index (χ1v) is 8.36. The minimum atomic E-state index is 0. The van der Waals surface area contributed by atoms with E-state index in [-0.39, 0.29) is 24.0 Å². The summed E-state index contributed by atoms with van der Waals surface area (Å²) in [5.41, 5.74) is 2.36. The zero-order valence-corrected chi connectivity index (χ0v) is 17.7. The molecular formula is C18H32IN3O2. The summed E-state index contributed by atoms with van der Waals surface area (Å²) < 4.78 is 10.8. The molecule has 0 aliphatic carbocycles. The molecule has 0 saturated carbocycles. The highest BCUT2D eigenvalue weighted by Crippen LogP contribution is 2.16. The molecule has 0 atom stereocenters. The molecule has 24 heavy (non-hydrogen) atoms. The van der Waals surface area contributed by atoms with Crippen LogP contribution in [0.4, 0.5) is 0 Å². The molecule has 1 rings (SSSR count). The van der Waals surface area contributed by atoms with Crippen molar-refractivity contribution in [2.24, 2.45) is 4.99 Å². The standard InChI is InChI=1S/C18H31N3O2.HI/c1-5-6-9-23-10-7-8-20-18(19-3)21-14-16-11-15(2)12-17(13-16)22-4;/h11-13H,5-10,14H2,1-4H3,(H2,19,20,21);1H. The van der Waals surface area contributed by atoms with Crippen molar-refractivity contribution in [3.63, 3.8) is 0 Å². The number of guanidine groups is 1. The molecule has 2 N–H and O–H groups in total. The van der Waals surface area contributed by atoms with Crippen LogP contribution >= 0.6 is 24.0 Å². The Morgan fingerprint density at radius 3 is 2.54 bits per heavy atom. The van der Waals surface area contributed by atoms with Crippen molar-refractivity contribution in [3.8, 4) is 5.75 Å². The number of halogens is 1. The maximum absolute atomic E-state index is 5.54. The van der Waals surface area contributed by atoms with E-state index in [1.807, 2.05) is 12.1 Å². The average Bonchev–Trinajstić information content (AvgIpc) is 2.56. The predicted octanol–water partition coefficient (Wildman–Crippen LogP) is 3.49. The molecule has 138 valence electrons. The predicted molar refractivity (Wildman–Crippen MR) is 112 cm³/mol.